The van der Waals surface area contributed by atoms with E-state index in [1.54, 1.807) is 18.6 Å². The highest BCUT2D eigenvalue weighted by Crippen LogP contribution is 2.33. The Balaban J connectivity index is 1.22. The average molecular weight is 508 g/mol. The van der Waals surface area contributed by atoms with Crippen LogP contribution in [-0.2, 0) is 4.79 Å². The van der Waals surface area contributed by atoms with Crippen molar-refractivity contribution in [3.05, 3.63) is 48.9 Å². The van der Waals surface area contributed by atoms with Gasteiger partial charge in [0.1, 0.15) is 11.2 Å². The summed E-state index contributed by atoms with van der Waals surface area (Å²) in [6, 6.07) is 10.3. The van der Waals surface area contributed by atoms with Crippen LogP contribution in [0.2, 0.25) is 0 Å². The fraction of sp³-hybridized carbons (Fsp3) is 0.321. The van der Waals surface area contributed by atoms with Gasteiger partial charge in [0.15, 0.2) is 11.5 Å². The number of nitrogens with one attached hydrogen (secondary N) is 3. The Kier molecular flexibility index (Phi) is 5.54. The third-order valence-electron chi connectivity index (χ3n) is 7.79. The first kappa shape index (κ1) is 22.9. The molecule has 1 saturated carbocycles. The van der Waals surface area contributed by atoms with Crippen LogP contribution in [0, 0.1) is 5.92 Å². The molecule has 192 valence electrons. The van der Waals surface area contributed by atoms with E-state index in [0.717, 1.165) is 84.4 Å². The highest BCUT2D eigenvalue weighted by molar-refractivity contribution is 5.97. The molecule has 0 radical (unpaired) electrons. The number of nitrogens with zero attached hydrogens (tertiary/aromatic N) is 6. The van der Waals surface area contributed by atoms with Crippen molar-refractivity contribution in [2.45, 2.75) is 19.3 Å². The Morgan fingerprint density at radius 2 is 1.89 bits per heavy atom. The summed E-state index contributed by atoms with van der Waals surface area (Å²) in [5, 5.41) is 11.5. The van der Waals surface area contributed by atoms with E-state index in [1.807, 2.05) is 12.1 Å². The SMILES string of the molecule is CN1CCN(c2cccc3[nH]c(-c4n[nH]c5ncc(-c6cncc(NC(=O)C7CCC7)c6)cc45)nc23)CC1. The Morgan fingerprint density at radius 1 is 1.05 bits per heavy atom. The second kappa shape index (κ2) is 9.21. The van der Waals surface area contributed by atoms with Crippen LogP contribution < -0.4 is 10.2 Å². The molecule has 2 aliphatic rings. The number of aromatic nitrogens is 6. The molecule has 10 nitrogen and oxygen atoms in total. The van der Waals surface area contributed by atoms with Gasteiger partial charge < -0.3 is 20.1 Å². The molecule has 0 unspecified atom stereocenters. The predicted molar refractivity (Wildman–Crippen MR) is 148 cm³/mol. The lowest BCUT2D eigenvalue weighted by atomic mass is 9.85. The van der Waals surface area contributed by atoms with Gasteiger partial charge in [-0.3, -0.25) is 14.9 Å². The first-order chi connectivity index (χ1) is 18.6. The lowest BCUT2D eigenvalue weighted by molar-refractivity contribution is -0.122. The number of H-pyrrole nitrogens is 2. The van der Waals surface area contributed by atoms with Crippen molar-refractivity contribution in [1.29, 1.82) is 0 Å². The minimum Gasteiger partial charge on any atom is -0.367 e. The summed E-state index contributed by atoms with van der Waals surface area (Å²) >= 11 is 0. The van der Waals surface area contributed by atoms with Crippen molar-refractivity contribution >= 4 is 39.3 Å². The van der Waals surface area contributed by atoms with Gasteiger partial charge in [-0.1, -0.05) is 12.5 Å². The molecule has 1 saturated heterocycles. The van der Waals surface area contributed by atoms with Crippen LogP contribution in [-0.4, -0.2) is 74.2 Å². The number of aromatic amines is 2. The average Bonchev–Trinajstić information content (AvgIpc) is 3.52. The minimum atomic E-state index is 0.0710. The van der Waals surface area contributed by atoms with Crippen molar-refractivity contribution in [2.24, 2.45) is 5.92 Å². The molecule has 2 fully saturated rings. The lowest BCUT2D eigenvalue weighted by Crippen LogP contribution is -2.44. The monoisotopic (exact) mass is 507 g/mol. The second-order valence-corrected chi connectivity index (χ2v) is 10.3. The maximum atomic E-state index is 12.4. The number of anilines is 2. The van der Waals surface area contributed by atoms with E-state index in [4.69, 9.17) is 4.98 Å². The number of hydrogen-bond acceptors (Lipinski definition) is 7. The standard InChI is InChI=1S/C28H29N9O/c1-36-8-10-37(11-9-36)23-7-3-6-22-25(23)33-27(32-22)24-21-13-19(15-30-26(21)35-34-24)18-12-20(16-29-14-18)31-28(38)17-4-2-5-17/h3,6-7,12-17H,2,4-5,8-11H2,1H3,(H,31,38)(H,32,33)(H,30,34,35). The third-order valence-corrected chi connectivity index (χ3v) is 7.79. The van der Waals surface area contributed by atoms with Crippen molar-refractivity contribution in [3.8, 4) is 22.6 Å². The molecule has 1 aromatic carbocycles. The van der Waals surface area contributed by atoms with Crippen LogP contribution in [0.3, 0.4) is 0 Å². The van der Waals surface area contributed by atoms with E-state index in [9.17, 15) is 4.79 Å². The molecule has 3 N–H and O–H groups in total. The molecule has 0 bridgehead atoms. The van der Waals surface area contributed by atoms with Crippen molar-refractivity contribution in [1.82, 2.24) is 35.0 Å². The highest BCUT2D eigenvalue weighted by atomic mass is 16.1. The van der Waals surface area contributed by atoms with Crippen LogP contribution >= 0.6 is 0 Å². The summed E-state index contributed by atoms with van der Waals surface area (Å²) in [7, 11) is 2.16. The summed E-state index contributed by atoms with van der Waals surface area (Å²) in [6.45, 7) is 4.02. The van der Waals surface area contributed by atoms with E-state index >= 15 is 0 Å². The number of hydrogen-bond donors (Lipinski definition) is 3. The molecule has 0 atom stereocenters. The Bertz CT molecular complexity index is 1640. The Labute approximate surface area is 219 Å². The third kappa shape index (κ3) is 4.06. The van der Waals surface area contributed by atoms with Gasteiger partial charge in [0, 0.05) is 55.6 Å². The van der Waals surface area contributed by atoms with Crippen LogP contribution in [0.5, 0.6) is 0 Å². The summed E-state index contributed by atoms with van der Waals surface area (Å²) in [6.07, 6.45) is 8.30. The predicted octanol–water partition coefficient (Wildman–Crippen LogP) is 4.05. The summed E-state index contributed by atoms with van der Waals surface area (Å²) < 4.78 is 0. The van der Waals surface area contributed by atoms with Crippen LogP contribution in [0.25, 0.3) is 44.7 Å². The smallest absolute Gasteiger partial charge is 0.227 e. The number of benzene rings is 1. The van der Waals surface area contributed by atoms with Crippen molar-refractivity contribution < 1.29 is 4.79 Å². The van der Waals surface area contributed by atoms with Gasteiger partial charge in [-0.25, -0.2) is 9.97 Å². The molecule has 1 aliphatic heterocycles. The number of fused-ring (bicyclic) bond motifs is 2. The highest BCUT2D eigenvalue weighted by Gasteiger charge is 2.25. The Morgan fingerprint density at radius 3 is 2.71 bits per heavy atom. The first-order valence-electron chi connectivity index (χ1n) is 13.2. The topological polar surface area (TPSA) is 119 Å². The second-order valence-electron chi connectivity index (χ2n) is 10.3. The maximum Gasteiger partial charge on any atom is 0.227 e. The molecule has 4 aromatic heterocycles. The minimum absolute atomic E-state index is 0.0710. The van der Waals surface area contributed by atoms with E-state index in [0.29, 0.717) is 17.2 Å². The fourth-order valence-corrected chi connectivity index (χ4v) is 5.25. The molecule has 38 heavy (non-hydrogen) atoms. The number of likely N-dealkylation sites (N-methyl/N-ethyl adjacent to an activating group) is 1. The van der Waals surface area contributed by atoms with E-state index in [-0.39, 0.29) is 11.8 Å². The van der Waals surface area contributed by atoms with Crippen LogP contribution in [0.1, 0.15) is 19.3 Å². The largest absolute Gasteiger partial charge is 0.367 e. The zero-order chi connectivity index (χ0) is 25.6. The van der Waals surface area contributed by atoms with Gasteiger partial charge in [-0.15, -0.1) is 0 Å². The van der Waals surface area contributed by atoms with Crippen molar-refractivity contribution in [3.63, 3.8) is 0 Å². The number of piperazine rings is 1. The normalized spacial score (nSPS) is 16.7. The van der Waals surface area contributed by atoms with E-state index < -0.39 is 0 Å². The van der Waals surface area contributed by atoms with Gasteiger partial charge in [0.2, 0.25) is 5.91 Å². The van der Waals surface area contributed by atoms with Crippen molar-refractivity contribution in [2.75, 3.05) is 43.4 Å². The van der Waals surface area contributed by atoms with Gasteiger partial charge >= 0.3 is 0 Å². The molecular weight excluding hydrogens is 478 g/mol. The van der Waals surface area contributed by atoms with Gasteiger partial charge in [0.25, 0.3) is 0 Å². The van der Waals surface area contributed by atoms with E-state index in [2.05, 4.69) is 65.5 Å². The number of carbonyl (C=O) groups excluding carboxylic acids is 1. The summed E-state index contributed by atoms with van der Waals surface area (Å²) in [5.74, 6) is 0.888. The number of rotatable bonds is 5. The Hall–Kier alpha value is -4.31. The summed E-state index contributed by atoms with van der Waals surface area (Å²) in [5.41, 5.74) is 6.94. The molecular formula is C28H29N9O. The fourth-order valence-electron chi connectivity index (χ4n) is 5.25. The zero-order valence-electron chi connectivity index (χ0n) is 21.2. The first-order valence-corrected chi connectivity index (χ1v) is 13.2. The van der Waals surface area contributed by atoms with Gasteiger partial charge in [-0.2, -0.15) is 5.10 Å². The molecule has 5 heterocycles. The molecule has 7 rings (SSSR count). The molecule has 1 aliphatic carbocycles. The summed E-state index contributed by atoms with van der Waals surface area (Å²) in [4.78, 5) is 34.6. The number of carbonyl (C=O) groups is 1. The number of pyridine rings is 2. The molecule has 5 aromatic rings. The van der Waals surface area contributed by atoms with E-state index in [1.165, 1.54) is 0 Å². The van der Waals surface area contributed by atoms with Gasteiger partial charge in [-0.05, 0) is 44.2 Å². The number of para-hydroxylation sites is 1. The van der Waals surface area contributed by atoms with Crippen LogP contribution in [0.4, 0.5) is 11.4 Å². The molecule has 10 heteroatoms. The van der Waals surface area contributed by atoms with Gasteiger partial charge in [0.05, 0.1) is 28.5 Å². The quantitative estimate of drug-likeness (QED) is 0.328. The number of amides is 1. The maximum absolute atomic E-state index is 12.4. The zero-order valence-corrected chi connectivity index (χ0v) is 21.2. The molecule has 1 amide bonds. The number of imidazole rings is 1. The molecule has 0 spiro atoms. The van der Waals surface area contributed by atoms with Crippen LogP contribution in [0.15, 0.2) is 48.9 Å². The lowest BCUT2D eigenvalue weighted by Gasteiger charge is -2.34.